The van der Waals surface area contributed by atoms with Gasteiger partial charge in [-0.05, 0) is 31.2 Å². The van der Waals surface area contributed by atoms with Gasteiger partial charge in [-0.25, -0.2) is 9.38 Å². The van der Waals surface area contributed by atoms with Gasteiger partial charge in [-0.1, -0.05) is 5.16 Å². The first-order valence-electron chi connectivity index (χ1n) is 7.59. The van der Waals surface area contributed by atoms with E-state index in [2.05, 4.69) is 15.0 Å². The van der Waals surface area contributed by atoms with Crippen molar-refractivity contribution in [1.82, 2.24) is 10.1 Å². The maximum Gasteiger partial charge on any atom is 0.191 e. The molecule has 2 aromatic rings. The van der Waals surface area contributed by atoms with Crippen molar-refractivity contribution < 1.29 is 8.91 Å². The lowest BCUT2D eigenvalue weighted by molar-refractivity contribution is 0.371. The quantitative estimate of drug-likeness (QED) is 0.690. The maximum atomic E-state index is 13.0. The Hall–Kier alpha value is -2.57. The normalized spacial score (nSPS) is 16.0. The lowest BCUT2D eigenvalue weighted by Gasteiger charge is -2.36. The first-order chi connectivity index (χ1) is 11.1. The van der Waals surface area contributed by atoms with Crippen LogP contribution in [0.1, 0.15) is 11.5 Å². The van der Waals surface area contributed by atoms with E-state index in [4.69, 9.17) is 10.3 Å². The summed E-state index contributed by atoms with van der Waals surface area (Å²) in [5.74, 6) is 1.000. The number of aromatic nitrogens is 1. The number of piperazine rings is 1. The van der Waals surface area contributed by atoms with Crippen molar-refractivity contribution >= 4 is 11.6 Å². The molecule has 0 spiro atoms. The number of hydrogen-bond acceptors (Lipinski definition) is 4. The Kier molecular flexibility index (Phi) is 4.45. The van der Waals surface area contributed by atoms with Crippen LogP contribution in [0, 0.1) is 12.7 Å². The Morgan fingerprint density at radius 1 is 1.26 bits per heavy atom. The molecule has 0 unspecified atom stereocenters. The fraction of sp³-hybridized carbons (Fsp3) is 0.375. The summed E-state index contributed by atoms with van der Waals surface area (Å²) in [5, 5.41) is 3.82. The van der Waals surface area contributed by atoms with Gasteiger partial charge in [-0.2, -0.15) is 0 Å². The van der Waals surface area contributed by atoms with E-state index < -0.39 is 0 Å². The van der Waals surface area contributed by atoms with Gasteiger partial charge >= 0.3 is 0 Å². The third-order valence-corrected chi connectivity index (χ3v) is 3.87. The molecule has 0 saturated carbocycles. The second-order valence-electron chi connectivity index (χ2n) is 5.56. The van der Waals surface area contributed by atoms with Gasteiger partial charge < -0.3 is 20.1 Å². The SMILES string of the molecule is Cc1cc(CN=C(N)N2CCN(c3ccc(F)cc3)CC2)on1. The molecule has 6 nitrogen and oxygen atoms in total. The molecule has 1 aliphatic rings. The highest BCUT2D eigenvalue weighted by Crippen LogP contribution is 2.16. The van der Waals surface area contributed by atoms with E-state index in [1.807, 2.05) is 17.9 Å². The van der Waals surface area contributed by atoms with Crippen LogP contribution in [0.2, 0.25) is 0 Å². The molecule has 1 aliphatic heterocycles. The van der Waals surface area contributed by atoms with E-state index in [-0.39, 0.29) is 5.82 Å². The summed E-state index contributed by atoms with van der Waals surface area (Å²) in [5.41, 5.74) is 7.91. The molecule has 2 heterocycles. The van der Waals surface area contributed by atoms with Gasteiger partial charge in [0.1, 0.15) is 12.4 Å². The highest BCUT2D eigenvalue weighted by atomic mass is 19.1. The van der Waals surface area contributed by atoms with Crippen molar-refractivity contribution in [2.75, 3.05) is 31.1 Å². The van der Waals surface area contributed by atoms with E-state index >= 15 is 0 Å². The Labute approximate surface area is 134 Å². The Morgan fingerprint density at radius 3 is 2.57 bits per heavy atom. The van der Waals surface area contributed by atoms with Crippen molar-refractivity contribution in [3.05, 3.63) is 47.6 Å². The molecule has 1 aromatic carbocycles. The molecule has 3 rings (SSSR count). The predicted molar refractivity (Wildman–Crippen MR) is 86.8 cm³/mol. The summed E-state index contributed by atoms with van der Waals surface area (Å²) in [6.45, 7) is 5.47. The van der Waals surface area contributed by atoms with Gasteiger partial charge in [0.25, 0.3) is 0 Å². The largest absolute Gasteiger partial charge is 0.370 e. The molecule has 0 radical (unpaired) electrons. The maximum absolute atomic E-state index is 13.0. The van der Waals surface area contributed by atoms with Gasteiger partial charge in [-0.3, -0.25) is 0 Å². The molecule has 0 atom stereocenters. The molecule has 1 aromatic heterocycles. The van der Waals surface area contributed by atoms with Gasteiger partial charge in [0.15, 0.2) is 11.7 Å². The number of anilines is 1. The minimum atomic E-state index is -0.216. The fourth-order valence-corrected chi connectivity index (χ4v) is 2.60. The number of benzene rings is 1. The minimum absolute atomic E-state index is 0.216. The van der Waals surface area contributed by atoms with Gasteiger partial charge in [0.05, 0.1) is 5.69 Å². The van der Waals surface area contributed by atoms with Gasteiger partial charge in [0, 0.05) is 37.9 Å². The van der Waals surface area contributed by atoms with E-state index in [0.717, 1.165) is 37.6 Å². The number of rotatable bonds is 3. The minimum Gasteiger partial charge on any atom is -0.370 e. The van der Waals surface area contributed by atoms with E-state index in [1.165, 1.54) is 12.1 Å². The van der Waals surface area contributed by atoms with Crippen LogP contribution >= 0.6 is 0 Å². The topological polar surface area (TPSA) is 70.9 Å². The molecular formula is C16H20FN5O. The first kappa shape index (κ1) is 15.3. The number of aryl methyl sites for hydroxylation is 1. The fourth-order valence-electron chi connectivity index (χ4n) is 2.60. The van der Waals surface area contributed by atoms with Crippen LogP contribution in [0.25, 0.3) is 0 Å². The van der Waals surface area contributed by atoms with Crippen molar-refractivity contribution in [3.63, 3.8) is 0 Å². The van der Waals surface area contributed by atoms with Gasteiger partial charge in [0.2, 0.25) is 0 Å². The predicted octanol–water partition coefficient (Wildman–Crippen LogP) is 1.76. The second kappa shape index (κ2) is 6.68. The zero-order chi connectivity index (χ0) is 16.2. The Balaban J connectivity index is 1.54. The zero-order valence-electron chi connectivity index (χ0n) is 13.1. The molecule has 0 aliphatic carbocycles. The van der Waals surface area contributed by atoms with Crippen LogP contribution < -0.4 is 10.6 Å². The average Bonchev–Trinajstić information content (AvgIpc) is 2.99. The Morgan fingerprint density at radius 2 is 1.96 bits per heavy atom. The number of guanidine groups is 1. The second-order valence-corrected chi connectivity index (χ2v) is 5.56. The third kappa shape index (κ3) is 3.80. The molecule has 1 saturated heterocycles. The summed E-state index contributed by atoms with van der Waals surface area (Å²) < 4.78 is 18.1. The lowest BCUT2D eigenvalue weighted by Crippen LogP contribution is -2.51. The molecule has 0 bridgehead atoms. The third-order valence-electron chi connectivity index (χ3n) is 3.87. The van der Waals surface area contributed by atoms with Crippen LogP contribution in [0.4, 0.5) is 10.1 Å². The summed E-state index contributed by atoms with van der Waals surface area (Å²) in [6.07, 6.45) is 0. The van der Waals surface area contributed by atoms with Crippen molar-refractivity contribution in [3.8, 4) is 0 Å². The highest BCUT2D eigenvalue weighted by molar-refractivity contribution is 5.78. The molecule has 0 amide bonds. The standard InChI is InChI=1S/C16H20FN5O/c1-12-10-15(23-20-12)11-19-16(18)22-8-6-21(7-9-22)14-4-2-13(17)3-5-14/h2-5,10H,6-9,11H2,1H3,(H2,18,19). The van der Waals surface area contributed by atoms with Gasteiger partial charge in [-0.15, -0.1) is 0 Å². The number of aliphatic imine (C=N–C) groups is 1. The number of hydrogen-bond donors (Lipinski definition) is 1. The summed E-state index contributed by atoms with van der Waals surface area (Å²) in [7, 11) is 0. The molecule has 2 N–H and O–H groups in total. The molecular weight excluding hydrogens is 297 g/mol. The van der Waals surface area contributed by atoms with Crippen LogP contribution in [0.5, 0.6) is 0 Å². The van der Waals surface area contributed by atoms with Crippen molar-refractivity contribution in [2.45, 2.75) is 13.5 Å². The highest BCUT2D eigenvalue weighted by Gasteiger charge is 2.18. The first-order valence-corrected chi connectivity index (χ1v) is 7.59. The summed E-state index contributed by atoms with van der Waals surface area (Å²) in [4.78, 5) is 8.62. The zero-order valence-corrected chi connectivity index (χ0v) is 13.1. The van der Waals surface area contributed by atoms with E-state index in [0.29, 0.717) is 18.3 Å². The van der Waals surface area contributed by atoms with E-state index in [9.17, 15) is 4.39 Å². The van der Waals surface area contributed by atoms with Crippen LogP contribution in [0.3, 0.4) is 0 Å². The number of nitrogens with zero attached hydrogens (tertiary/aromatic N) is 4. The van der Waals surface area contributed by atoms with Crippen LogP contribution in [0.15, 0.2) is 39.8 Å². The molecule has 7 heteroatoms. The van der Waals surface area contributed by atoms with Crippen LogP contribution in [-0.4, -0.2) is 42.2 Å². The van der Waals surface area contributed by atoms with Crippen molar-refractivity contribution in [1.29, 1.82) is 0 Å². The van der Waals surface area contributed by atoms with Crippen LogP contribution in [-0.2, 0) is 6.54 Å². The van der Waals surface area contributed by atoms with Crippen molar-refractivity contribution in [2.24, 2.45) is 10.7 Å². The molecule has 1 fully saturated rings. The summed E-state index contributed by atoms with van der Waals surface area (Å²) in [6, 6.07) is 8.42. The number of nitrogens with two attached hydrogens (primary N) is 1. The monoisotopic (exact) mass is 317 g/mol. The Bertz CT molecular complexity index is 674. The smallest absolute Gasteiger partial charge is 0.191 e. The molecule has 23 heavy (non-hydrogen) atoms. The molecule has 122 valence electrons. The number of halogens is 1. The van der Waals surface area contributed by atoms with E-state index in [1.54, 1.807) is 12.1 Å². The average molecular weight is 317 g/mol. The lowest BCUT2D eigenvalue weighted by atomic mass is 10.2. The summed E-state index contributed by atoms with van der Waals surface area (Å²) >= 11 is 0.